The molecule has 0 saturated heterocycles. The fraction of sp³-hybridized carbons (Fsp3) is 0.500. The molecule has 0 atom stereocenters. The molecule has 0 aliphatic rings. The molecular weight excluding hydrogens is 344 g/mol. The number of amides is 1. The van der Waals surface area contributed by atoms with Crippen molar-refractivity contribution in [3.63, 3.8) is 0 Å². The highest BCUT2D eigenvalue weighted by Crippen LogP contribution is 2.17. The van der Waals surface area contributed by atoms with E-state index in [1.807, 2.05) is 24.3 Å². The van der Waals surface area contributed by atoms with Crippen LogP contribution in [0, 0.1) is 0 Å². The van der Waals surface area contributed by atoms with Crippen molar-refractivity contribution in [3.05, 3.63) is 28.7 Å². The van der Waals surface area contributed by atoms with Crippen molar-refractivity contribution in [1.29, 1.82) is 0 Å². The molecule has 114 valence electrons. The third-order valence-electron chi connectivity index (χ3n) is 2.44. The Morgan fingerprint density at radius 2 is 2.10 bits per heavy atom. The molecule has 20 heavy (non-hydrogen) atoms. The maximum absolute atomic E-state index is 11.5. The molecule has 6 heteroatoms. The first-order valence-electron chi connectivity index (χ1n) is 6.58. The maximum atomic E-state index is 11.5. The van der Waals surface area contributed by atoms with Crippen LogP contribution in [0.15, 0.2) is 28.7 Å². The van der Waals surface area contributed by atoms with Gasteiger partial charge in [-0.3, -0.25) is 4.79 Å². The summed E-state index contributed by atoms with van der Waals surface area (Å²) in [5.41, 5.74) is 0. The van der Waals surface area contributed by atoms with E-state index in [1.165, 1.54) is 0 Å². The smallest absolute Gasteiger partial charge is 0.223 e. The summed E-state index contributed by atoms with van der Waals surface area (Å²) in [7, 11) is 0. The third-order valence-corrected chi connectivity index (χ3v) is 2.94. The highest BCUT2D eigenvalue weighted by Gasteiger charge is 2.01. The van der Waals surface area contributed by atoms with Gasteiger partial charge in [0.05, 0.1) is 13.0 Å². The molecule has 0 fully saturated rings. The van der Waals surface area contributed by atoms with Crippen LogP contribution in [0.2, 0.25) is 0 Å². The van der Waals surface area contributed by atoms with Gasteiger partial charge in [-0.1, -0.05) is 28.9 Å². The summed E-state index contributed by atoms with van der Waals surface area (Å²) in [4.78, 5) is 11.5. The van der Waals surface area contributed by atoms with Crippen LogP contribution in [0.5, 0.6) is 5.75 Å². The van der Waals surface area contributed by atoms with E-state index >= 15 is 0 Å². The largest absolute Gasteiger partial charge is 0.493 e. The Morgan fingerprint density at radius 3 is 2.80 bits per heavy atom. The van der Waals surface area contributed by atoms with Crippen LogP contribution in [0.4, 0.5) is 0 Å². The summed E-state index contributed by atoms with van der Waals surface area (Å²) >= 11 is 3.37. The van der Waals surface area contributed by atoms with Crippen LogP contribution >= 0.6 is 28.3 Å². The Kier molecular flexibility index (Phi) is 11.5. The molecule has 0 aromatic heterocycles. The first kappa shape index (κ1) is 19.2. The molecule has 0 aliphatic carbocycles. The van der Waals surface area contributed by atoms with E-state index in [9.17, 15) is 4.79 Å². The molecule has 0 unspecified atom stereocenters. The van der Waals surface area contributed by atoms with E-state index in [2.05, 4.69) is 33.5 Å². The molecule has 0 aliphatic heterocycles. The van der Waals surface area contributed by atoms with Crippen molar-refractivity contribution in [3.8, 4) is 5.75 Å². The number of hydrogen-bond donors (Lipinski definition) is 2. The van der Waals surface area contributed by atoms with Gasteiger partial charge >= 0.3 is 0 Å². The number of rotatable bonds is 9. The van der Waals surface area contributed by atoms with E-state index < -0.39 is 0 Å². The van der Waals surface area contributed by atoms with Gasteiger partial charge in [0.15, 0.2) is 0 Å². The van der Waals surface area contributed by atoms with Gasteiger partial charge in [-0.2, -0.15) is 0 Å². The molecule has 0 radical (unpaired) electrons. The minimum atomic E-state index is 0. The van der Waals surface area contributed by atoms with Crippen LogP contribution < -0.4 is 15.4 Å². The maximum Gasteiger partial charge on any atom is 0.223 e. The van der Waals surface area contributed by atoms with Crippen LogP contribution in [-0.4, -0.2) is 32.1 Å². The van der Waals surface area contributed by atoms with Crippen LogP contribution in [0.3, 0.4) is 0 Å². The summed E-state index contributed by atoms with van der Waals surface area (Å²) in [5.74, 6) is 0.792. The van der Waals surface area contributed by atoms with E-state index in [0.717, 1.165) is 29.7 Å². The lowest BCUT2D eigenvalue weighted by Gasteiger charge is -2.08. The Balaban J connectivity index is 0.00000361. The Bertz CT molecular complexity index is 391. The highest BCUT2D eigenvalue weighted by atomic mass is 79.9. The van der Waals surface area contributed by atoms with Gasteiger partial charge < -0.3 is 15.4 Å². The van der Waals surface area contributed by atoms with Gasteiger partial charge in [-0.15, -0.1) is 12.4 Å². The molecule has 1 amide bonds. The molecule has 4 nitrogen and oxygen atoms in total. The third kappa shape index (κ3) is 9.18. The minimum absolute atomic E-state index is 0. The van der Waals surface area contributed by atoms with Gasteiger partial charge in [0, 0.05) is 17.6 Å². The van der Waals surface area contributed by atoms with Crippen molar-refractivity contribution >= 4 is 34.2 Å². The average Bonchev–Trinajstić information content (AvgIpc) is 2.38. The van der Waals surface area contributed by atoms with Crippen LogP contribution in [0.25, 0.3) is 0 Å². The number of carbonyl (C=O) groups is 1. The first-order valence-corrected chi connectivity index (χ1v) is 7.37. The number of ether oxygens (including phenoxy) is 1. The SMILES string of the molecule is CCCNCCNC(=O)CCOc1cccc(Br)c1.Cl. The lowest BCUT2D eigenvalue weighted by molar-refractivity contribution is -0.121. The zero-order valence-electron chi connectivity index (χ0n) is 11.7. The van der Waals surface area contributed by atoms with Crippen LogP contribution in [-0.2, 0) is 4.79 Å². The summed E-state index contributed by atoms with van der Waals surface area (Å²) in [6.45, 7) is 4.97. The van der Waals surface area contributed by atoms with Crippen molar-refractivity contribution in [2.45, 2.75) is 19.8 Å². The standard InChI is InChI=1S/C14H21BrN2O2.ClH/c1-2-7-16-8-9-17-14(18)6-10-19-13-5-3-4-12(15)11-13;/h3-5,11,16H,2,6-10H2,1H3,(H,17,18);1H. The second kappa shape index (κ2) is 12.0. The number of nitrogens with one attached hydrogen (secondary N) is 2. The fourth-order valence-corrected chi connectivity index (χ4v) is 1.88. The Labute approximate surface area is 135 Å². The molecule has 0 saturated carbocycles. The van der Waals surface area contributed by atoms with Gasteiger partial charge in [0.1, 0.15) is 5.75 Å². The number of hydrogen-bond acceptors (Lipinski definition) is 3. The van der Waals surface area contributed by atoms with Gasteiger partial charge in [-0.25, -0.2) is 0 Å². The molecule has 1 rings (SSSR count). The molecule has 1 aromatic carbocycles. The van der Waals surface area contributed by atoms with Crippen molar-refractivity contribution in [2.24, 2.45) is 0 Å². The monoisotopic (exact) mass is 364 g/mol. The molecule has 2 N–H and O–H groups in total. The molecule has 0 bridgehead atoms. The Morgan fingerprint density at radius 1 is 1.30 bits per heavy atom. The lowest BCUT2D eigenvalue weighted by atomic mass is 10.3. The average molecular weight is 366 g/mol. The number of benzene rings is 1. The summed E-state index contributed by atoms with van der Waals surface area (Å²) in [6, 6.07) is 7.59. The summed E-state index contributed by atoms with van der Waals surface area (Å²) < 4.78 is 6.46. The lowest BCUT2D eigenvalue weighted by Crippen LogP contribution is -2.32. The molecular formula is C14H22BrClN2O2. The molecule has 0 heterocycles. The van der Waals surface area contributed by atoms with Crippen molar-refractivity contribution < 1.29 is 9.53 Å². The van der Waals surface area contributed by atoms with E-state index in [4.69, 9.17) is 4.74 Å². The van der Waals surface area contributed by atoms with Gasteiger partial charge in [-0.05, 0) is 31.2 Å². The van der Waals surface area contributed by atoms with Crippen LogP contribution in [0.1, 0.15) is 19.8 Å². The molecule has 1 aromatic rings. The van der Waals surface area contributed by atoms with E-state index in [0.29, 0.717) is 19.6 Å². The zero-order chi connectivity index (χ0) is 13.9. The van der Waals surface area contributed by atoms with Gasteiger partial charge in [0.2, 0.25) is 5.91 Å². The second-order valence-corrected chi connectivity index (χ2v) is 5.07. The minimum Gasteiger partial charge on any atom is -0.493 e. The highest BCUT2D eigenvalue weighted by molar-refractivity contribution is 9.10. The Hall–Kier alpha value is -0.780. The number of carbonyl (C=O) groups excluding carboxylic acids is 1. The zero-order valence-corrected chi connectivity index (χ0v) is 14.1. The quantitative estimate of drug-likeness (QED) is 0.662. The number of halogens is 2. The second-order valence-electron chi connectivity index (χ2n) is 4.16. The topological polar surface area (TPSA) is 50.4 Å². The van der Waals surface area contributed by atoms with Crippen molar-refractivity contribution in [2.75, 3.05) is 26.2 Å². The predicted molar refractivity (Wildman–Crippen MR) is 87.7 cm³/mol. The predicted octanol–water partition coefficient (Wildman–Crippen LogP) is 2.76. The van der Waals surface area contributed by atoms with Gasteiger partial charge in [0.25, 0.3) is 0 Å². The van der Waals surface area contributed by atoms with E-state index in [1.54, 1.807) is 0 Å². The normalized spacial score (nSPS) is 9.70. The fourth-order valence-electron chi connectivity index (χ4n) is 1.50. The first-order chi connectivity index (χ1) is 9.22. The summed E-state index contributed by atoms with van der Waals surface area (Å²) in [6.07, 6.45) is 1.48. The van der Waals surface area contributed by atoms with E-state index in [-0.39, 0.29) is 18.3 Å². The molecule has 0 spiro atoms. The summed E-state index contributed by atoms with van der Waals surface area (Å²) in [5, 5.41) is 6.08. The van der Waals surface area contributed by atoms with Crippen molar-refractivity contribution in [1.82, 2.24) is 10.6 Å².